The van der Waals surface area contributed by atoms with Crippen molar-refractivity contribution in [3.63, 3.8) is 0 Å². The van der Waals surface area contributed by atoms with Gasteiger partial charge in [0.25, 0.3) is 0 Å². The van der Waals surface area contributed by atoms with Crippen molar-refractivity contribution in [3.05, 3.63) is 35.9 Å². The summed E-state index contributed by atoms with van der Waals surface area (Å²) in [5.41, 5.74) is -1.00. The molecule has 0 radical (unpaired) electrons. The highest BCUT2D eigenvalue weighted by Crippen LogP contribution is 2.75. The van der Waals surface area contributed by atoms with E-state index in [2.05, 4.69) is 31.6 Å². The molecule has 0 spiro atoms. The maximum Gasteiger partial charge on any atom is 0.247 e. The number of amides is 7. The summed E-state index contributed by atoms with van der Waals surface area (Å²) in [5, 5.41) is 14.6. The summed E-state index contributed by atoms with van der Waals surface area (Å²) in [5.74, 6) is -3.79. The summed E-state index contributed by atoms with van der Waals surface area (Å²) >= 11 is 0. The van der Waals surface area contributed by atoms with E-state index in [0.717, 1.165) is 5.56 Å². The molecule has 2 aliphatic carbocycles. The van der Waals surface area contributed by atoms with Crippen LogP contribution in [0, 0.1) is 29.6 Å². The fourth-order valence-corrected chi connectivity index (χ4v) is 10.5. The Morgan fingerprint density at radius 1 is 0.962 bits per heavy atom. The Labute approximate surface area is 313 Å². The van der Waals surface area contributed by atoms with Crippen molar-refractivity contribution in [1.82, 2.24) is 36.5 Å². The lowest BCUT2D eigenvalue weighted by atomic mass is 9.92. The standard InChI is InChI=1S/C38H57N7O7Si/c1-8-21(5)31(40-23(7)46)34(49)43-38-28-25(29(28)38)19-39-33(48)30(20(3)4)42-37(52)53(22(6)9-2)44-32(47)27-16-13-17-45(27)35(50)26(41-36(38)51)18-24-14-11-10-12-15-24/h10-12,14-15,20-22,25-31,53H,8-9,13,16-19H2,1-7H3,(H,39,48)(H,40,46)(H,41,51)(H,42,52)(H,43,49)(H,44,47). The molecule has 2 aliphatic heterocycles. The van der Waals surface area contributed by atoms with Crippen LogP contribution in [0.25, 0.3) is 0 Å². The van der Waals surface area contributed by atoms with Crippen LogP contribution < -0.4 is 31.6 Å². The molecular formula is C38H57N7O7Si. The third kappa shape index (κ3) is 8.29. The fourth-order valence-electron chi connectivity index (χ4n) is 8.24. The molecule has 14 nitrogen and oxygen atoms in total. The Morgan fingerprint density at radius 2 is 1.64 bits per heavy atom. The molecule has 2 saturated heterocycles. The molecule has 1 aromatic carbocycles. The molecule has 9 unspecified atom stereocenters. The summed E-state index contributed by atoms with van der Waals surface area (Å²) in [4.78, 5) is 101. The van der Waals surface area contributed by atoms with Gasteiger partial charge in [0.05, 0.1) is 0 Å². The normalized spacial score (nSPS) is 32.0. The first-order valence-corrected chi connectivity index (χ1v) is 21.1. The maximum atomic E-state index is 14.5. The van der Waals surface area contributed by atoms with E-state index in [-0.39, 0.29) is 65.4 Å². The van der Waals surface area contributed by atoms with Gasteiger partial charge in [-0.2, -0.15) is 0 Å². The zero-order valence-corrected chi connectivity index (χ0v) is 33.1. The largest absolute Gasteiger partial charge is 0.374 e. The van der Waals surface area contributed by atoms with E-state index < -0.39 is 62.3 Å². The lowest BCUT2D eigenvalue weighted by Gasteiger charge is -2.34. The van der Waals surface area contributed by atoms with Gasteiger partial charge in [-0.1, -0.05) is 84.7 Å². The SMILES string of the molecule is CCC(C)C(NC(C)=O)C(=O)NC12C(=O)NC(Cc3ccccc3)C(=O)N3CCCC3C(=O)N[SiH](C(C)CC)C(=O)NC(C(C)C)C(=O)NCC3C1C32. The lowest BCUT2D eigenvalue weighted by molar-refractivity contribution is -0.142. The van der Waals surface area contributed by atoms with Crippen LogP contribution in [0.15, 0.2) is 30.3 Å². The average Bonchev–Trinajstić information content (AvgIpc) is 3.96. The Morgan fingerprint density at radius 3 is 2.25 bits per heavy atom. The number of fused-ring (bicyclic) bond motifs is 3. The van der Waals surface area contributed by atoms with Gasteiger partial charge in [-0.25, -0.2) is 0 Å². The van der Waals surface area contributed by atoms with Crippen LogP contribution >= 0.6 is 0 Å². The molecule has 0 aromatic heterocycles. The third-order valence-corrected chi connectivity index (χ3v) is 14.9. The van der Waals surface area contributed by atoms with Crippen LogP contribution in [0.5, 0.6) is 0 Å². The van der Waals surface area contributed by atoms with E-state index >= 15 is 0 Å². The Bertz CT molecular complexity index is 1580. The number of hydrogen-bond acceptors (Lipinski definition) is 7. The first-order chi connectivity index (χ1) is 25.2. The second-order valence-electron chi connectivity index (χ2n) is 15.9. The molecule has 9 atom stereocenters. The minimum Gasteiger partial charge on any atom is -0.374 e. The molecular weight excluding hydrogens is 695 g/mol. The van der Waals surface area contributed by atoms with Gasteiger partial charge < -0.3 is 36.5 Å². The molecule has 2 heterocycles. The Hall–Kier alpha value is -4.27. The van der Waals surface area contributed by atoms with Crippen LogP contribution in [0.4, 0.5) is 4.79 Å². The quantitative estimate of drug-likeness (QED) is 0.193. The van der Waals surface area contributed by atoms with Crippen molar-refractivity contribution >= 4 is 49.9 Å². The first-order valence-electron chi connectivity index (χ1n) is 19.3. The number of rotatable bonds is 10. The van der Waals surface area contributed by atoms with Crippen molar-refractivity contribution in [2.75, 3.05) is 13.1 Å². The number of nitrogens with one attached hydrogen (secondary N) is 6. The predicted molar refractivity (Wildman–Crippen MR) is 200 cm³/mol. The van der Waals surface area contributed by atoms with Gasteiger partial charge in [0.1, 0.15) is 29.7 Å². The van der Waals surface area contributed by atoms with Crippen molar-refractivity contribution in [2.24, 2.45) is 29.6 Å². The van der Waals surface area contributed by atoms with Crippen LogP contribution in [0.3, 0.4) is 0 Å². The molecule has 7 amide bonds. The summed E-state index contributed by atoms with van der Waals surface area (Å²) < 4.78 is 0. The molecule has 290 valence electrons. The van der Waals surface area contributed by atoms with E-state index in [1.165, 1.54) is 11.8 Å². The van der Waals surface area contributed by atoms with Crippen molar-refractivity contribution < 1.29 is 33.6 Å². The van der Waals surface area contributed by atoms with Crippen molar-refractivity contribution in [3.8, 4) is 0 Å². The first kappa shape index (κ1) is 39.9. The topological polar surface area (TPSA) is 195 Å². The Balaban J connectivity index is 1.51. The van der Waals surface area contributed by atoms with Crippen LogP contribution in [-0.4, -0.2) is 97.6 Å². The van der Waals surface area contributed by atoms with Gasteiger partial charge in [0.2, 0.25) is 49.9 Å². The number of nitrogens with zero attached hydrogens (tertiary/aromatic N) is 1. The average molecular weight is 752 g/mol. The molecule has 0 bridgehead atoms. The second kappa shape index (κ2) is 16.4. The van der Waals surface area contributed by atoms with E-state index in [0.29, 0.717) is 32.2 Å². The number of carbonyl (C=O) groups excluding carboxylic acids is 7. The van der Waals surface area contributed by atoms with Crippen LogP contribution in [-0.2, 0) is 35.2 Å². The molecule has 4 fully saturated rings. The highest BCUT2D eigenvalue weighted by atomic mass is 28.3. The minimum absolute atomic E-state index is 0.122. The molecule has 15 heteroatoms. The second-order valence-corrected chi connectivity index (χ2v) is 18.8. The minimum atomic E-state index is -2.71. The van der Waals surface area contributed by atoms with Crippen molar-refractivity contribution in [1.29, 1.82) is 0 Å². The van der Waals surface area contributed by atoms with E-state index in [1.54, 1.807) is 0 Å². The maximum absolute atomic E-state index is 14.5. The molecule has 2 saturated carbocycles. The van der Waals surface area contributed by atoms with Gasteiger partial charge in [-0.3, -0.25) is 33.6 Å². The molecule has 4 aliphatic rings. The molecule has 6 N–H and O–H groups in total. The Kier molecular flexibility index (Phi) is 12.3. The smallest absolute Gasteiger partial charge is 0.247 e. The summed E-state index contributed by atoms with van der Waals surface area (Å²) in [6.45, 7) is 13.2. The number of hydrogen-bond donors (Lipinski definition) is 6. The van der Waals surface area contributed by atoms with Gasteiger partial charge >= 0.3 is 0 Å². The lowest BCUT2D eigenvalue weighted by Crippen LogP contribution is -2.64. The van der Waals surface area contributed by atoms with Crippen LogP contribution in [0.1, 0.15) is 79.7 Å². The number of benzene rings is 1. The molecule has 5 rings (SSSR count). The highest BCUT2D eigenvalue weighted by molar-refractivity contribution is 6.90. The summed E-state index contributed by atoms with van der Waals surface area (Å²) in [6.07, 6.45) is 2.37. The van der Waals surface area contributed by atoms with Gasteiger partial charge in [-0.05, 0) is 41.7 Å². The zero-order chi connectivity index (χ0) is 38.8. The summed E-state index contributed by atoms with van der Waals surface area (Å²) in [6, 6.07) is 5.65. The summed E-state index contributed by atoms with van der Waals surface area (Å²) in [7, 11) is -2.71. The van der Waals surface area contributed by atoms with Gasteiger partial charge in [0, 0.05) is 38.3 Å². The van der Waals surface area contributed by atoms with Crippen LogP contribution in [0.2, 0.25) is 5.54 Å². The monoisotopic (exact) mass is 751 g/mol. The fraction of sp³-hybridized carbons (Fsp3) is 0.658. The third-order valence-electron chi connectivity index (χ3n) is 11.9. The zero-order valence-electron chi connectivity index (χ0n) is 32.0. The van der Waals surface area contributed by atoms with Crippen molar-refractivity contribution in [2.45, 2.75) is 116 Å². The molecule has 1 aromatic rings. The van der Waals surface area contributed by atoms with E-state index in [1.807, 2.05) is 71.9 Å². The van der Waals surface area contributed by atoms with Gasteiger partial charge in [0.15, 0.2) is 0 Å². The molecule has 53 heavy (non-hydrogen) atoms. The van der Waals surface area contributed by atoms with Gasteiger partial charge in [-0.15, -0.1) is 0 Å². The number of carbonyl (C=O) groups is 7. The van der Waals surface area contributed by atoms with E-state index in [9.17, 15) is 33.6 Å². The van der Waals surface area contributed by atoms with E-state index in [4.69, 9.17) is 0 Å². The predicted octanol–water partition coefficient (Wildman–Crippen LogP) is 1.07. The highest BCUT2D eigenvalue weighted by Gasteiger charge is 2.87.